The molecule has 1 aromatic rings. The Morgan fingerprint density at radius 3 is 2.50 bits per heavy atom. The van der Waals surface area contributed by atoms with Crippen LogP contribution in [-0.4, -0.2) is 21.3 Å². The van der Waals surface area contributed by atoms with E-state index in [1.165, 1.54) is 37.7 Å². The predicted molar refractivity (Wildman–Crippen MR) is 85.6 cm³/mol. The predicted octanol–water partition coefficient (Wildman–Crippen LogP) is 4.31. The average molecular weight is 342 g/mol. The molecule has 1 unspecified atom stereocenters. The molecule has 1 atom stereocenters. The summed E-state index contributed by atoms with van der Waals surface area (Å²) >= 11 is 3.58. The summed E-state index contributed by atoms with van der Waals surface area (Å²) in [6.07, 6.45) is 6.65. The highest BCUT2D eigenvalue weighted by molar-refractivity contribution is 9.10. The van der Waals surface area contributed by atoms with Crippen molar-refractivity contribution < 1.29 is 9.47 Å². The lowest BCUT2D eigenvalue weighted by Gasteiger charge is -2.23. The molecule has 1 aliphatic rings. The molecule has 3 nitrogen and oxygen atoms in total. The topological polar surface area (TPSA) is 30.5 Å². The summed E-state index contributed by atoms with van der Waals surface area (Å²) in [5.41, 5.74) is 1.20. The van der Waals surface area contributed by atoms with Crippen LogP contribution in [0.15, 0.2) is 16.6 Å². The Morgan fingerprint density at radius 2 is 1.95 bits per heavy atom. The van der Waals surface area contributed by atoms with Crippen molar-refractivity contribution in [1.82, 2.24) is 5.32 Å². The van der Waals surface area contributed by atoms with Gasteiger partial charge >= 0.3 is 0 Å². The molecular formula is C16H24BrNO2. The summed E-state index contributed by atoms with van der Waals surface area (Å²) in [5.74, 6) is 2.51. The molecule has 1 aliphatic carbocycles. The Kier molecular flexibility index (Phi) is 5.73. The summed E-state index contributed by atoms with van der Waals surface area (Å²) in [6, 6.07) is 4.44. The first-order valence-corrected chi connectivity index (χ1v) is 8.08. The zero-order chi connectivity index (χ0) is 14.5. The third-order valence-electron chi connectivity index (χ3n) is 4.28. The molecule has 0 radical (unpaired) electrons. The largest absolute Gasteiger partial charge is 0.495 e. The SMILES string of the molecule is CNC(CC1CCCC1)c1ccc(OC)c(Br)c1OC. The standard InChI is InChI=1S/C16H24BrNO2/c1-18-13(10-11-6-4-5-7-11)12-8-9-14(19-2)15(17)16(12)20-3/h8-9,11,13,18H,4-7,10H2,1-3H3. The van der Waals surface area contributed by atoms with E-state index in [-0.39, 0.29) is 0 Å². The van der Waals surface area contributed by atoms with Crippen LogP contribution in [0.2, 0.25) is 0 Å². The summed E-state index contributed by atoms with van der Waals surface area (Å²) in [7, 11) is 5.41. The third-order valence-corrected chi connectivity index (χ3v) is 5.03. The maximum Gasteiger partial charge on any atom is 0.141 e. The molecule has 0 spiro atoms. The van der Waals surface area contributed by atoms with Crippen molar-refractivity contribution in [2.45, 2.75) is 38.1 Å². The molecule has 0 heterocycles. The normalized spacial score (nSPS) is 17.2. The van der Waals surface area contributed by atoms with Crippen LogP contribution < -0.4 is 14.8 Å². The monoisotopic (exact) mass is 341 g/mol. The van der Waals surface area contributed by atoms with Gasteiger partial charge in [0.2, 0.25) is 0 Å². The van der Waals surface area contributed by atoms with Crippen molar-refractivity contribution >= 4 is 15.9 Å². The molecule has 4 heteroatoms. The summed E-state index contributed by atoms with van der Waals surface area (Å²) in [4.78, 5) is 0. The van der Waals surface area contributed by atoms with Crippen molar-refractivity contribution in [2.75, 3.05) is 21.3 Å². The second kappa shape index (κ2) is 7.32. The Hall–Kier alpha value is -0.740. The highest BCUT2D eigenvalue weighted by Crippen LogP contribution is 2.42. The molecule has 0 aromatic heterocycles. The van der Waals surface area contributed by atoms with Gasteiger partial charge in [0.25, 0.3) is 0 Å². The molecule has 0 aliphatic heterocycles. The van der Waals surface area contributed by atoms with Gasteiger partial charge in [0.05, 0.1) is 14.2 Å². The van der Waals surface area contributed by atoms with Crippen LogP contribution in [0.5, 0.6) is 11.5 Å². The molecule has 1 fully saturated rings. The van der Waals surface area contributed by atoms with Gasteiger partial charge < -0.3 is 14.8 Å². The smallest absolute Gasteiger partial charge is 0.141 e. The fraction of sp³-hybridized carbons (Fsp3) is 0.625. The Labute approximate surface area is 130 Å². The zero-order valence-corrected chi connectivity index (χ0v) is 14.1. The van der Waals surface area contributed by atoms with Crippen LogP contribution >= 0.6 is 15.9 Å². The fourth-order valence-corrected chi connectivity index (χ4v) is 3.86. The lowest BCUT2D eigenvalue weighted by atomic mass is 9.93. The molecular weight excluding hydrogens is 318 g/mol. The van der Waals surface area contributed by atoms with Gasteiger partial charge in [-0.05, 0) is 47.4 Å². The van der Waals surface area contributed by atoms with E-state index in [0.717, 1.165) is 21.9 Å². The van der Waals surface area contributed by atoms with Gasteiger partial charge in [0.1, 0.15) is 16.0 Å². The van der Waals surface area contributed by atoms with Gasteiger partial charge in [0, 0.05) is 11.6 Å². The van der Waals surface area contributed by atoms with Crippen molar-refractivity contribution in [1.29, 1.82) is 0 Å². The first-order valence-electron chi connectivity index (χ1n) is 7.28. The van der Waals surface area contributed by atoms with Gasteiger partial charge in [-0.25, -0.2) is 0 Å². The Morgan fingerprint density at radius 1 is 1.25 bits per heavy atom. The van der Waals surface area contributed by atoms with Crippen molar-refractivity contribution in [3.63, 3.8) is 0 Å². The van der Waals surface area contributed by atoms with E-state index >= 15 is 0 Å². The van der Waals surface area contributed by atoms with Crippen LogP contribution in [0, 0.1) is 5.92 Å². The van der Waals surface area contributed by atoms with Gasteiger partial charge in [0.15, 0.2) is 0 Å². The van der Waals surface area contributed by atoms with Crippen molar-refractivity contribution in [3.05, 3.63) is 22.2 Å². The minimum Gasteiger partial charge on any atom is -0.495 e. The highest BCUT2D eigenvalue weighted by atomic mass is 79.9. The van der Waals surface area contributed by atoms with E-state index < -0.39 is 0 Å². The minimum atomic E-state index is 0.329. The summed E-state index contributed by atoms with van der Waals surface area (Å²) in [6.45, 7) is 0. The molecule has 1 saturated carbocycles. The molecule has 1 N–H and O–H groups in total. The van der Waals surface area contributed by atoms with Crippen LogP contribution in [0.1, 0.15) is 43.7 Å². The van der Waals surface area contributed by atoms with E-state index in [0.29, 0.717) is 6.04 Å². The summed E-state index contributed by atoms with van der Waals surface area (Å²) in [5, 5.41) is 3.44. The van der Waals surface area contributed by atoms with E-state index in [1.54, 1.807) is 14.2 Å². The second-order valence-corrected chi connectivity index (χ2v) is 6.22. The van der Waals surface area contributed by atoms with Crippen molar-refractivity contribution in [2.24, 2.45) is 5.92 Å². The van der Waals surface area contributed by atoms with E-state index in [9.17, 15) is 0 Å². The molecule has 112 valence electrons. The maximum absolute atomic E-state index is 5.60. The third kappa shape index (κ3) is 3.29. The van der Waals surface area contributed by atoms with Crippen LogP contribution in [0.3, 0.4) is 0 Å². The lowest BCUT2D eigenvalue weighted by Crippen LogP contribution is -2.20. The van der Waals surface area contributed by atoms with E-state index in [4.69, 9.17) is 9.47 Å². The van der Waals surface area contributed by atoms with Crippen LogP contribution in [0.4, 0.5) is 0 Å². The Bertz CT molecular complexity index is 444. The number of rotatable bonds is 6. The van der Waals surface area contributed by atoms with Crippen LogP contribution in [0.25, 0.3) is 0 Å². The number of ether oxygens (including phenoxy) is 2. The quantitative estimate of drug-likeness (QED) is 0.836. The van der Waals surface area contributed by atoms with Crippen molar-refractivity contribution in [3.8, 4) is 11.5 Å². The maximum atomic E-state index is 5.60. The lowest BCUT2D eigenvalue weighted by molar-refractivity contribution is 0.366. The van der Waals surface area contributed by atoms with E-state index in [1.807, 2.05) is 13.1 Å². The number of methoxy groups -OCH3 is 2. The van der Waals surface area contributed by atoms with E-state index in [2.05, 4.69) is 27.3 Å². The zero-order valence-electron chi connectivity index (χ0n) is 12.5. The fourth-order valence-electron chi connectivity index (χ4n) is 3.17. The first kappa shape index (κ1) is 15.6. The average Bonchev–Trinajstić information content (AvgIpc) is 2.97. The highest BCUT2D eigenvalue weighted by Gasteiger charge is 2.24. The number of hydrogen-bond donors (Lipinski definition) is 1. The van der Waals surface area contributed by atoms with Gasteiger partial charge in [-0.3, -0.25) is 0 Å². The van der Waals surface area contributed by atoms with Gasteiger partial charge in [-0.2, -0.15) is 0 Å². The van der Waals surface area contributed by atoms with Gasteiger partial charge in [-0.1, -0.05) is 25.7 Å². The summed E-state index contributed by atoms with van der Waals surface area (Å²) < 4.78 is 11.8. The molecule has 0 saturated heterocycles. The Balaban J connectivity index is 2.26. The second-order valence-electron chi connectivity index (χ2n) is 5.43. The first-order chi connectivity index (χ1) is 9.71. The molecule has 2 rings (SSSR count). The molecule has 20 heavy (non-hydrogen) atoms. The number of hydrogen-bond acceptors (Lipinski definition) is 3. The number of benzene rings is 1. The minimum absolute atomic E-state index is 0.329. The van der Waals surface area contributed by atoms with Crippen LogP contribution in [-0.2, 0) is 0 Å². The molecule has 0 amide bonds. The number of nitrogens with one attached hydrogen (secondary N) is 1. The van der Waals surface area contributed by atoms with Gasteiger partial charge in [-0.15, -0.1) is 0 Å². The number of halogens is 1. The molecule has 0 bridgehead atoms. The molecule has 1 aromatic carbocycles.